The Bertz CT molecular complexity index is 1290. The van der Waals surface area contributed by atoms with Crippen molar-refractivity contribution in [2.24, 2.45) is 0 Å². The number of fused-ring (bicyclic) bond motifs is 3. The Balaban J connectivity index is 1.53. The van der Waals surface area contributed by atoms with Gasteiger partial charge in [-0.2, -0.15) is 5.26 Å². The van der Waals surface area contributed by atoms with Gasteiger partial charge in [0, 0.05) is 49.7 Å². The number of likely N-dealkylation sites (tertiary alicyclic amines) is 1. The number of piperidine rings is 1. The lowest BCUT2D eigenvalue weighted by Crippen LogP contribution is -2.55. The maximum atomic E-state index is 13.4. The van der Waals surface area contributed by atoms with E-state index in [4.69, 9.17) is 10.2 Å². The molecule has 1 unspecified atom stereocenters. The fourth-order valence-electron chi connectivity index (χ4n) is 4.91. The first-order chi connectivity index (χ1) is 16.9. The highest BCUT2D eigenvalue weighted by Crippen LogP contribution is 2.37. The van der Waals surface area contributed by atoms with Crippen molar-refractivity contribution < 1.29 is 14.7 Å². The van der Waals surface area contributed by atoms with E-state index >= 15 is 0 Å². The molecule has 0 bridgehead atoms. The molecule has 0 aromatic carbocycles. The Morgan fingerprint density at radius 1 is 1.31 bits per heavy atom. The number of rotatable bonds is 3. The lowest BCUT2D eigenvalue weighted by atomic mass is 9.99. The lowest BCUT2D eigenvalue weighted by molar-refractivity contribution is -0.140. The maximum absolute atomic E-state index is 13.4. The fraction of sp³-hybridized carbons (Fsp3) is 0.400. The second-order valence-corrected chi connectivity index (χ2v) is 9.17. The van der Waals surface area contributed by atoms with Gasteiger partial charge in [-0.05, 0) is 38.0 Å². The molecule has 5 rings (SSSR count). The fourth-order valence-corrected chi connectivity index (χ4v) is 4.91. The third-order valence-electron chi connectivity index (χ3n) is 6.76. The van der Waals surface area contributed by atoms with Gasteiger partial charge in [-0.1, -0.05) is 6.08 Å². The van der Waals surface area contributed by atoms with Gasteiger partial charge in [0.2, 0.25) is 0 Å². The van der Waals surface area contributed by atoms with Crippen molar-refractivity contribution in [3.05, 3.63) is 47.9 Å². The third-order valence-corrected chi connectivity index (χ3v) is 6.76. The molecule has 5 heterocycles. The number of anilines is 1. The molecular formula is C25H27N7O3. The van der Waals surface area contributed by atoms with Gasteiger partial charge in [0.25, 0.3) is 5.91 Å². The first-order valence-corrected chi connectivity index (χ1v) is 11.7. The third kappa shape index (κ3) is 4.08. The molecule has 3 amide bonds. The molecule has 0 aliphatic carbocycles. The van der Waals surface area contributed by atoms with Crippen molar-refractivity contribution >= 4 is 34.2 Å². The predicted molar refractivity (Wildman–Crippen MR) is 130 cm³/mol. The number of nitrogens with zero attached hydrogens (tertiary/aromatic N) is 6. The average Bonchev–Trinajstić information content (AvgIpc) is 2.89. The molecule has 0 spiro atoms. The summed E-state index contributed by atoms with van der Waals surface area (Å²) in [6.45, 7) is 2.86. The van der Waals surface area contributed by atoms with E-state index in [1.165, 1.54) is 6.92 Å². The summed E-state index contributed by atoms with van der Waals surface area (Å²) in [6, 6.07) is 5.35. The number of dihydropyridines is 1. The van der Waals surface area contributed by atoms with E-state index in [0.717, 1.165) is 22.5 Å². The minimum Gasteiger partial charge on any atom is -0.384 e. The molecule has 0 radical (unpaired) electrons. The summed E-state index contributed by atoms with van der Waals surface area (Å²) in [4.78, 5) is 40.3. The summed E-state index contributed by atoms with van der Waals surface area (Å²) >= 11 is 0. The van der Waals surface area contributed by atoms with Gasteiger partial charge in [0.15, 0.2) is 0 Å². The highest BCUT2D eigenvalue weighted by atomic mass is 16.3. The molecule has 0 saturated carbocycles. The molecule has 2 aromatic rings. The molecule has 10 heteroatoms. The number of nitriles is 1. The van der Waals surface area contributed by atoms with E-state index in [9.17, 15) is 14.7 Å². The molecule has 3 aliphatic rings. The van der Waals surface area contributed by atoms with Crippen LogP contribution in [0.25, 0.3) is 16.6 Å². The highest BCUT2D eigenvalue weighted by molar-refractivity contribution is 6.04. The Kier molecular flexibility index (Phi) is 5.86. The monoisotopic (exact) mass is 473 g/mol. The second kappa shape index (κ2) is 9.00. The number of aliphatic hydroxyl groups is 1. The Morgan fingerprint density at radius 2 is 2.09 bits per heavy atom. The van der Waals surface area contributed by atoms with Crippen LogP contribution in [-0.4, -0.2) is 75.1 Å². The summed E-state index contributed by atoms with van der Waals surface area (Å²) < 4.78 is 0. The van der Waals surface area contributed by atoms with Gasteiger partial charge in [0.05, 0.1) is 29.5 Å². The summed E-state index contributed by atoms with van der Waals surface area (Å²) in [7, 11) is 1.77. The minimum atomic E-state index is -1.03. The molecule has 180 valence electrons. The largest absolute Gasteiger partial charge is 0.384 e. The first kappa shape index (κ1) is 22.8. The number of urea groups is 1. The molecule has 35 heavy (non-hydrogen) atoms. The van der Waals surface area contributed by atoms with E-state index in [1.54, 1.807) is 35.3 Å². The Hall–Kier alpha value is -3.97. The van der Waals surface area contributed by atoms with E-state index in [0.29, 0.717) is 43.5 Å². The molecule has 10 nitrogen and oxygen atoms in total. The molecule has 3 aliphatic heterocycles. The van der Waals surface area contributed by atoms with Crippen molar-refractivity contribution in [1.82, 2.24) is 25.1 Å². The van der Waals surface area contributed by atoms with Gasteiger partial charge in [-0.15, -0.1) is 0 Å². The zero-order chi connectivity index (χ0) is 24.7. The Morgan fingerprint density at radius 3 is 2.74 bits per heavy atom. The highest BCUT2D eigenvalue weighted by Gasteiger charge is 2.38. The quantitative estimate of drug-likeness (QED) is 0.696. The SMILES string of the molecule is C[C@@H](O)C(=O)N1CCC(N2C(=O)N(C)Cc3cnc4ccc(C5=CNC(C#N)C=C5)nc4c32)CC1. The van der Waals surface area contributed by atoms with Crippen LogP contribution in [0.3, 0.4) is 0 Å². The summed E-state index contributed by atoms with van der Waals surface area (Å²) in [5.74, 6) is -0.284. The normalized spacial score (nSPS) is 21.3. The number of hydrogen-bond acceptors (Lipinski definition) is 7. The van der Waals surface area contributed by atoms with E-state index in [2.05, 4.69) is 16.4 Å². The van der Waals surface area contributed by atoms with Gasteiger partial charge in [-0.25, -0.2) is 9.78 Å². The number of carbonyl (C=O) groups is 2. The summed E-state index contributed by atoms with van der Waals surface area (Å²) in [6.07, 6.45) is 7.41. The van der Waals surface area contributed by atoms with E-state index in [-0.39, 0.29) is 24.0 Å². The molecule has 2 atom stereocenters. The molecule has 1 fully saturated rings. The number of nitrogens with one attached hydrogen (secondary N) is 1. The number of carbonyl (C=O) groups excluding carboxylic acids is 2. The Labute approximate surface area is 203 Å². The maximum Gasteiger partial charge on any atom is 0.324 e. The topological polar surface area (TPSA) is 126 Å². The van der Waals surface area contributed by atoms with E-state index < -0.39 is 6.10 Å². The van der Waals surface area contributed by atoms with Crippen LogP contribution in [0, 0.1) is 11.3 Å². The molecule has 1 saturated heterocycles. The molecular weight excluding hydrogens is 446 g/mol. The van der Waals surface area contributed by atoms with Crippen molar-refractivity contribution in [1.29, 1.82) is 5.26 Å². The number of allylic oxidation sites excluding steroid dienone is 2. The molecule has 2 aromatic heterocycles. The second-order valence-electron chi connectivity index (χ2n) is 9.17. The van der Waals surface area contributed by atoms with Gasteiger partial charge in [0.1, 0.15) is 17.7 Å². The zero-order valence-corrected chi connectivity index (χ0v) is 19.7. The van der Waals surface area contributed by atoms with Crippen molar-refractivity contribution in [3.63, 3.8) is 0 Å². The number of amides is 3. The lowest BCUT2D eigenvalue weighted by Gasteiger charge is -2.43. The number of hydrogen-bond donors (Lipinski definition) is 2. The minimum absolute atomic E-state index is 0.104. The van der Waals surface area contributed by atoms with Crippen LogP contribution in [0.1, 0.15) is 31.0 Å². The van der Waals surface area contributed by atoms with Crippen molar-refractivity contribution in [2.75, 3.05) is 25.0 Å². The smallest absolute Gasteiger partial charge is 0.324 e. The van der Waals surface area contributed by atoms with Gasteiger partial charge < -0.3 is 20.2 Å². The van der Waals surface area contributed by atoms with Crippen LogP contribution in [0.5, 0.6) is 0 Å². The van der Waals surface area contributed by atoms with Crippen LogP contribution >= 0.6 is 0 Å². The van der Waals surface area contributed by atoms with E-state index in [1.807, 2.05) is 23.1 Å². The van der Waals surface area contributed by atoms with Crippen LogP contribution in [-0.2, 0) is 11.3 Å². The van der Waals surface area contributed by atoms with Crippen LogP contribution in [0.15, 0.2) is 36.7 Å². The van der Waals surface area contributed by atoms with Crippen molar-refractivity contribution in [2.45, 2.75) is 44.5 Å². The number of aromatic nitrogens is 2. The summed E-state index contributed by atoms with van der Waals surface area (Å²) in [5.41, 5.74) is 4.59. The first-order valence-electron chi connectivity index (χ1n) is 11.7. The summed E-state index contributed by atoms with van der Waals surface area (Å²) in [5, 5.41) is 21.8. The zero-order valence-electron chi connectivity index (χ0n) is 19.7. The standard InChI is InChI=1S/C25H27N7O3/c1-15(33)24(34)31-9-7-19(8-10-31)32-23-17(14-30(2)25(32)35)13-28-21-6-5-20(29-22(21)23)16-3-4-18(11-26)27-12-16/h3-6,12-13,15,18-19,27,33H,7-10,14H2,1-2H3/t15-,18?/m1/s1. The number of aliphatic hydroxyl groups excluding tert-OH is 1. The van der Waals surface area contributed by atoms with Crippen LogP contribution in [0.2, 0.25) is 0 Å². The average molecular weight is 474 g/mol. The predicted octanol–water partition coefficient (Wildman–Crippen LogP) is 1.77. The van der Waals surface area contributed by atoms with Crippen LogP contribution in [0.4, 0.5) is 10.5 Å². The molecule has 2 N–H and O–H groups in total. The van der Waals surface area contributed by atoms with Gasteiger partial charge in [-0.3, -0.25) is 14.7 Å². The van der Waals surface area contributed by atoms with Crippen LogP contribution < -0.4 is 10.2 Å². The van der Waals surface area contributed by atoms with Gasteiger partial charge >= 0.3 is 6.03 Å². The number of pyridine rings is 2. The van der Waals surface area contributed by atoms with Crippen molar-refractivity contribution in [3.8, 4) is 6.07 Å².